The third kappa shape index (κ3) is 4.43. The van der Waals surface area contributed by atoms with Gasteiger partial charge in [0.25, 0.3) is 6.43 Å². The first-order valence-corrected chi connectivity index (χ1v) is 5.36. The van der Waals surface area contributed by atoms with Crippen LogP contribution in [0.5, 0.6) is 11.6 Å². The summed E-state index contributed by atoms with van der Waals surface area (Å²) in [6.07, 6.45) is -8.78. The summed E-state index contributed by atoms with van der Waals surface area (Å²) in [5.74, 6) is -2.62. The Morgan fingerprint density at radius 3 is 2.38 bits per heavy atom. The number of aromatic nitrogens is 1. The summed E-state index contributed by atoms with van der Waals surface area (Å²) in [6.45, 7) is 0. The van der Waals surface area contributed by atoms with Crippen molar-refractivity contribution in [2.75, 3.05) is 14.2 Å². The summed E-state index contributed by atoms with van der Waals surface area (Å²) in [4.78, 5) is 14.7. The molecule has 0 bridgehead atoms. The number of ether oxygens (including phenoxy) is 3. The van der Waals surface area contributed by atoms with Crippen molar-refractivity contribution in [2.45, 2.75) is 19.2 Å². The lowest BCUT2D eigenvalue weighted by Gasteiger charge is -2.18. The summed E-state index contributed by atoms with van der Waals surface area (Å²) in [5.41, 5.74) is -1.67. The average molecular weight is 315 g/mol. The normalized spacial score (nSPS) is 11.4. The molecule has 5 nitrogen and oxygen atoms in total. The van der Waals surface area contributed by atoms with E-state index < -0.39 is 47.9 Å². The number of halogens is 5. The molecule has 1 heterocycles. The van der Waals surface area contributed by atoms with Crippen LogP contribution in [-0.4, -0.2) is 31.5 Å². The number of alkyl halides is 5. The van der Waals surface area contributed by atoms with Crippen LogP contribution in [0, 0.1) is 0 Å². The predicted octanol–water partition coefficient (Wildman–Crippen LogP) is 2.64. The van der Waals surface area contributed by atoms with Gasteiger partial charge >= 0.3 is 12.3 Å². The van der Waals surface area contributed by atoms with Gasteiger partial charge in [-0.1, -0.05) is 0 Å². The fourth-order valence-electron chi connectivity index (χ4n) is 1.48. The molecule has 0 amide bonds. The van der Waals surface area contributed by atoms with E-state index in [1.165, 1.54) is 0 Å². The fraction of sp³-hybridized carbons (Fsp3) is 0.455. The second-order valence-corrected chi connectivity index (χ2v) is 3.63. The molecule has 0 atom stereocenters. The van der Waals surface area contributed by atoms with Gasteiger partial charge < -0.3 is 14.2 Å². The number of hydrogen-bond donors (Lipinski definition) is 0. The van der Waals surface area contributed by atoms with Crippen LogP contribution in [0.4, 0.5) is 22.0 Å². The van der Waals surface area contributed by atoms with Crippen LogP contribution in [0.25, 0.3) is 0 Å². The van der Waals surface area contributed by atoms with E-state index in [4.69, 9.17) is 0 Å². The molecule has 0 aromatic carbocycles. The first-order valence-electron chi connectivity index (χ1n) is 5.36. The monoisotopic (exact) mass is 315 g/mol. The minimum absolute atomic E-state index is 0.441. The zero-order valence-electron chi connectivity index (χ0n) is 10.8. The third-order valence-electron chi connectivity index (χ3n) is 2.31. The van der Waals surface area contributed by atoms with Gasteiger partial charge in [0, 0.05) is 6.20 Å². The van der Waals surface area contributed by atoms with Crippen LogP contribution in [0.1, 0.15) is 17.6 Å². The molecule has 0 aliphatic carbocycles. The van der Waals surface area contributed by atoms with Gasteiger partial charge in [-0.15, -0.1) is 13.2 Å². The maximum absolute atomic E-state index is 12.8. The second kappa shape index (κ2) is 6.55. The maximum atomic E-state index is 12.8. The van der Waals surface area contributed by atoms with Gasteiger partial charge in [0.1, 0.15) is 5.75 Å². The molecule has 1 rings (SSSR count). The minimum atomic E-state index is -5.22. The number of hydrogen-bond acceptors (Lipinski definition) is 5. The van der Waals surface area contributed by atoms with E-state index in [9.17, 15) is 26.7 Å². The van der Waals surface area contributed by atoms with Crippen LogP contribution in [-0.2, 0) is 16.0 Å². The maximum Gasteiger partial charge on any atom is 0.573 e. The molecule has 21 heavy (non-hydrogen) atoms. The average Bonchev–Trinajstić information content (AvgIpc) is 2.38. The van der Waals surface area contributed by atoms with E-state index in [1.807, 2.05) is 0 Å². The summed E-state index contributed by atoms with van der Waals surface area (Å²) < 4.78 is 75.3. The van der Waals surface area contributed by atoms with E-state index >= 15 is 0 Å². The molecule has 1 aromatic heterocycles. The number of rotatable bonds is 5. The zero-order valence-corrected chi connectivity index (χ0v) is 10.8. The molecule has 10 heteroatoms. The highest BCUT2D eigenvalue weighted by molar-refractivity contribution is 5.74. The van der Waals surface area contributed by atoms with Crippen LogP contribution in [0.3, 0.4) is 0 Å². The van der Waals surface area contributed by atoms with Crippen LogP contribution in [0.2, 0.25) is 0 Å². The van der Waals surface area contributed by atoms with Crippen LogP contribution < -0.4 is 9.47 Å². The van der Waals surface area contributed by atoms with Gasteiger partial charge in [-0.05, 0) is 0 Å². The Bertz CT molecular complexity index is 518. The lowest BCUT2D eigenvalue weighted by atomic mass is 10.1. The van der Waals surface area contributed by atoms with Crippen molar-refractivity contribution in [3.8, 4) is 11.6 Å². The highest BCUT2D eigenvalue weighted by Gasteiger charge is 2.36. The van der Waals surface area contributed by atoms with Gasteiger partial charge in [0.2, 0.25) is 5.88 Å². The predicted molar refractivity (Wildman–Crippen MR) is 58.1 cm³/mol. The van der Waals surface area contributed by atoms with E-state index in [2.05, 4.69) is 19.2 Å². The Morgan fingerprint density at radius 1 is 1.33 bits per heavy atom. The van der Waals surface area contributed by atoms with Crippen molar-refractivity contribution >= 4 is 5.97 Å². The Kier molecular flexibility index (Phi) is 5.28. The zero-order chi connectivity index (χ0) is 16.2. The minimum Gasteiger partial charge on any atom is -0.481 e. The van der Waals surface area contributed by atoms with Crippen LogP contribution in [0.15, 0.2) is 6.20 Å². The molecule has 0 aliphatic rings. The van der Waals surface area contributed by atoms with Crippen molar-refractivity contribution in [3.63, 3.8) is 0 Å². The Balaban J connectivity index is 3.45. The molecule has 0 unspecified atom stereocenters. The molecule has 0 radical (unpaired) electrons. The first kappa shape index (κ1) is 16.9. The standard InChI is InChI=1S/C11H10F5NO4/c1-19-7(18)3-5-8(21-11(14,15)16)6(9(12)13)4-17-10(5)20-2/h4,9H,3H2,1-2H3. The Labute approximate surface area is 115 Å². The lowest BCUT2D eigenvalue weighted by Crippen LogP contribution is -2.21. The van der Waals surface area contributed by atoms with Crippen molar-refractivity contribution in [1.29, 1.82) is 0 Å². The summed E-state index contributed by atoms with van der Waals surface area (Å²) in [7, 11) is 2.05. The molecule has 118 valence electrons. The number of methoxy groups -OCH3 is 2. The third-order valence-corrected chi connectivity index (χ3v) is 2.31. The molecule has 0 saturated carbocycles. The summed E-state index contributed by atoms with van der Waals surface area (Å²) in [5, 5.41) is 0. The molecule has 0 saturated heterocycles. The summed E-state index contributed by atoms with van der Waals surface area (Å²) >= 11 is 0. The fourth-order valence-corrected chi connectivity index (χ4v) is 1.48. The van der Waals surface area contributed by atoms with Gasteiger partial charge in [0.15, 0.2) is 0 Å². The number of pyridine rings is 1. The first-order chi connectivity index (χ1) is 9.69. The SMILES string of the molecule is COC(=O)Cc1c(OC)ncc(C(F)F)c1OC(F)(F)F. The van der Waals surface area contributed by atoms with Gasteiger partial charge in [-0.25, -0.2) is 13.8 Å². The lowest BCUT2D eigenvalue weighted by molar-refractivity contribution is -0.275. The van der Waals surface area contributed by atoms with Crippen LogP contribution >= 0.6 is 0 Å². The molecule has 1 aromatic rings. The topological polar surface area (TPSA) is 57.7 Å². The second-order valence-electron chi connectivity index (χ2n) is 3.63. The Hall–Kier alpha value is -2.13. The van der Waals surface area contributed by atoms with Crippen molar-refractivity contribution in [1.82, 2.24) is 4.98 Å². The number of carbonyl (C=O) groups excluding carboxylic acids is 1. The quantitative estimate of drug-likeness (QED) is 0.617. The highest BCUT2D eigenvalue weighted by atomic mass is 19.4. The molecule has 0 spiro atoms. The highest BCUT2D eigenvalue weighted by Crippen LogP contribution is 2.39. The number of esters is 1. The molecule has 0 N–H and O–H groups in total. The van der Waals surface area contributed by atoms with E-state index in [0.717, 1.165) is 14.2 Å². The molecule has 0 aliphatic heterocycles. The Morgan fingerprint density at radius 2 is 1.95 bits per heavy atom. The summed E-state index contributed by atoms with van der Waals surface area (Å²) in [6, 6.07) is 0. The van der Waals surface area contributed by atoms with Crippen molar-refractivity contribution < 1.29 is 41.0 Å². The molecular weight excluding hydrogens is 305 g/mol. The van der Waals surface area contributed by atoms with Crippen molar-refractivity contribution in [2.24, 2.45) is 0 Å². The molecular formula is C11H10F5NO4. The van der Waals surface area contributed by atoms with E-state index in [-0.39, 0.29) is 0 Å². The smallest absolute Gasteiger partial charge is 0.481 e. The number of carbonyl (C=O) groups is 1. The number of nitrogens with zero attached hydrogens (tertiary/aromatic N) is 1. The van der Waals surface area contributed by atoms with Gasteiger partial charge in [-0.3, -0.25) is 4.79 Å². The molecule has 0 fully saturated rings. The largest absolute Gasteiger partial charge is 0.573 e. The van der Waals surface area contributed by atoms with Crippen molar-refractivity contribution in [3.05, 3.63) is 17.3 Å². The van der Waals surface area contributed by atoms with E-state index in [1.54, 1.807) is 0 Å². The van der Waals surface area contributed by atoms with E-state index in [0.29, 0.717) is 6.20 Å². The van der Waals surface area contributed by atoms with Gasteiger partial charge in [0.05, 0.1) is 31.8 Å². The van der Waals surface area contributed by atoms with Gasteiger partial charge in [-0.2, -0.15) is 0 Å².